The molecule has 0 aliphatic carbocycles. The summed E-state index contributed by atoms with van der Waals surface area (Å²) in [5.41, 5.74) is 1.04. The zero-order chi connectivity index (χ0) is 12.8. The number of rotatable bonds is 6. The van der Waals surface area contributed by atoms with Gasteiger partial charge in [0.15, 0.2) is 5.75 Å². The summed E-state index contributed by atoms with van der Waals surface area (Å²) in [7, 11) is 1.59. The van der Waals surface area contributed by atoms with Gasteiger partial charge in [-0.25, -0.2) is 0 Å². The van der Waals surface area contributed by atoms with Crippen molar-refractivity contribution in [3.05, 3.63) is 22.7 Å². The van der Waals surface area contributed by atoms with Crippen LogP contribution in [0, 0.1) is 0 Å². The van der Waals surface area contributed by atoms with Crippen molar-refractivity contribution in [1.29, 1.82) is 0 Å². The Morgan fingerprint density at radius 3 is 2.76 bits per heavy atom. The third-order valence-corrected chi connectivity index (χ3v) is 3.37. The highest BCUT2D eigenvalue weighted by Gasteiger charge is 2.09. The summed E-state index contributed by atoms with van der Waals surface area (Å²) in [6.07, 6.45) is 3.46. The van der Waals surface area contributed by atoms with Crippen molar-refractivity contribution in [3.8, 4) is 5.75 Å². The van der Waals surface area contributed by atoms with E-state index < -0.39 is 5.97 Å². The van der Waals surface area contributed by atoms with E-state index in [1.54, 1.807) is 18.9 Å². The van der Waals surface area contributed by atoms with Crippen LogP contribution >= 0.6 is 23.4 Å². The molecule has 1 aromatic carbocycles. The van der Waals surface area contributed by atoms with Crippen molar-refractivity contribution in [2.75, 3.05) is 13.4 Å². The van der Waals surface area contributed by atoms with Crippen LogP contribution in [-0.2, 0) is 11.2 Å². The fourth-order valence-electron chi connectivity index (χ4n) is 1.56. The lowest BCUT2D eigenvalue weighted by Gasteiger charge is -2.10. The van der Waals surface area contributed by atoms with Crippen molar-refractivity contribution in [3.63, 3.8) is 0 Å². The molecule has 0 amide bonds. The molecular formula is C12H15ClO3S. The van der Waals surface area contributed by atoms with Crippen LogP contribution in [0.5, 0.6) is 5.75 Å². The van der Waals surface area contributed by atoms with E-state index in [9.17, 15) is 4.79 Å². The molecule has 0 heterocycles. The zero-order valence-corrected chi connectivity index (χ0v) is 11.4. The average Bonchev–Trinajstić information content (AvgIpc) is 2.27. The van der Waals surface area contributed by atoms with E-state index in [-0.39, 0.29) is 6.42 Å². The number of methoxy groups -OCH3 is 1. The summed E-state index contributed by atoms with van der Waals surface area (Å²) < 4.78 is 5.22. The lowest BCUT2D eigenvalue weighted by molar-refractivity contribution is -0.137. The van der Waals surface area contributed by atoms with Crippen molar-refractivity contribution >= 4 is 29.3 Å². The number of carbonyl (C=O) groups is 1. The molecule has 94 valence electrons. The first-order valence-corrected chi connectivity index (χ1v) is 6.81. The second-order valence-corrected chi connectivity index (χ2v) is 4.82. The number of aliphatic carboxylic acids is 1. The maximum Gasteiger partial charge on any atom is 0.303 e. The molecule has 0 saturated heterocycles. The standard InChI is InChI=1S/C12H15ClO3S/c1-16-12-9(13)6-8(7-10(12)17-2)4-3-5-11(14)15/h6-7H,3-5H2,1-2H3,(H,14,15). The summed E-state index contributed by atoms with van der Waals surface area (Å²) in [6.45, 7) is 0. The van der Waals surface area contributed by atoms with E-state index in [2.05, 4.69) is 0 Å². The molecule has 5 heteroatoms. The Hall–Kier alpha value is -0.870. The molecular weight excluding hydrogens is 260 g/mol. The van der Waals surface area contributed by atoms with Gasteiger partial charge in [0.05, 0.1) is 17.0 Å². The van der Waals surface area contributed by atoms with Crippen molar-refractivity contribution in [2.45, 2.75) is 24.2 Å². The lowest BCUT2D eigenvalue weighted by atomic mass is 10.1. The Morgan fingerprint density at radius 2 is 2.24 bits per heavy atom. The topological polar surface area (TPSA) is 46.5 Å². The Morgan fingerprint density at radius 1 is 1.53 bits per heavy atom. The summed E-state index contributed by atoms with van der Waals surface area (Å²) in [5.74, 6) is -0.0872. The predicted octanol–water partition coefficient (Wildman–Crippen LogP) is 3.48. The third kappa shape index (κ3) is 4.13. The van der Waals surface area contributed by atoms with Gasteiger partial charge >= 0.3 is 5.97 Å². The molecule has 1 rings (SSSR count). The number of hydrogen-bond donors (Lipinski definition) is 1. The third-order valence-electron chi connectivity index (χ3n) is 2.35. The van der Waals surface area contributed by atoms with Crippen LogP contribution in [-0.4, -0.2) is 24.4 Å². The molecule has 0 fully saturated rings. The van der Waals surface area contributed by atoms with Crippen LogP contribution in [0.2, 0.25) is 5.02 Å². The number of ether oxygens (including phenoxy) is 1. The van der Waals surface area contributed by atoms with E-state index in [1.165, 1.54) is 0 Å². The Balaban J connectivity index is 2.80. The van der Waals surface area contributed by atoms with Gasteiger partial charge in [-0.2, -0.15) is 0 Å². The number of hydrogen-bond acceptors (Lipinski definition) is 3. The van der Waals surface area contributed by atoms with Gasteiger partial charge < -0.3 is 9.84 Å². The number of thioether (sulfide) groups is 1. The van der Waals surface area contributed by atoms with Crippen molar-refractivity contribution < 1.29 is 14.6 Å². The molecule has 0 atom stereocenters. The smallest absolute Gasteiger partial charge is 0.303 e. The van der Waals surface area contributed by atoms with Gasteiger partial charge in [-0.1, -0.05) is 11.6 Å². The monoisotopic (exact) mass is 274 g/mol. The molecule has 1 N–H and O–H groups in total. The molecule has 0 spiro atoms. The van der Waals surface area contributed by atoms with Crippen LogP contribution in [0.3, 0.4) is 0 Å². The number of carboxylic acids is 1. The van der Waals surface area contributed by atoms with E-state index in [4.69, 9.17) is 21.4 Å². The molecule has 0 unspecified atom stereocenters. The van der Waals surface area contributed by atoms with Gasteiger partial charge in [-0.3, -0.25) is 4.79 Å². The highest BCUT2D eigenvalue weighted by molar-refractivity contribution is 7.98. The van der Waals surface area contributed by atoms with Crippen LogP contribution in [0.25, 0.3) is 0 Å². The first-order chi connectivity index (χ1) is 8.08. The average molecular weight is 275 g/mol. The molecule has 17 heavy (non-hydrogen) atoms. The van der Waals surface area contributed by atoms with E-state index in [1.807, 2.05) is 18.4 Å². The fraction of sp³-hybridized carbons (Fsp3) is 0.417. The van der Waals surface area contributed by atoms with E-state index in [0.717, 1.165) is 10.5 Å². The zero-order valence-electron chi connectivity index (χ0n) is 9.83. The highest BCUT2D eigenvalue weighted by atomic mass is 35.5. The van der Waals surface area contributed by atoms with Crippen LogP contribution in [0.15, 0.2) is 17.0 Å². The summed E-state index contributed by atoms with van der Waals surface area (Å²) in [6, 6.07) is 3.83. The molecule has 0 saturated carbocycles. The van der Waals surface area contributed by atoms with Crippen LogP contribution in [0.1, 0.15) is 18.4 Å². The fourth-order valence-corrected chi connectivity index (χ4v) is 2.58. The second-order valence-electron chi connectivity index (χ2n) is 3.56. The molecule has 3 nitrogen and oxygen atoms in total. The molecule has 0 aromatic heterocycles. The predicted molar refractivity (Wildman–Crippen MR) is 70.4 cm³/mol. The maximum atomic E-state index is 10.4. The lowest BCUT2D eigenvalue weighted by Crippen LogP contribution is -1.97. The van der Waals surface area contributed by atoms with Crippen molar-refractivity contribution in [1.82, 2.24) is 0 Å². The quantitative estimate of drug-likeness (QED) is 0.807. The Labute approximate surface area is 110 Å². The number of aryl methyl sites for hydroxylation is 1. The van der Waals surface area contributed by atoms with E-state index in [0.29, 0.717) is 23.6 Å². The number of halogens is 1. The summed E-state index contributed by atoms with van der Waals surface area (Å²) in [5, 5.41) is 9.15. The van der Waals surface area contributed by atoms with Gasteiger partial charge in [-0.15, -0.1) is 11.8 Å². The summed E-state index contributed by atoms with van der Waals surface area (Å²) >= 11 is 7.66. The second kappa shape index (κ2) is 6.77. The minimum atomic E-state index is -0.769. The van der Waals surface area contributed by atoms with Crippen molar-refractivity contribution in [2.24, 2.45) is 0 Å². The minimum absolute atomic E-state index is 0.179. The number of carboxylic acid groups (broad SMARTS) is 1. The Kier molecular flexibility index (Phi) is 5.65. The minimum Gasteiger partial charge on any atom is -0.494 e. The molecule has 0 aliphatic rings. The van der Waals surface area contributed by atoms with Gasteiger partial charge in [0.2, 0.25) is 0 Å². The van der Waals surface area contributed by atoms with Gasteiger partial charge in [0.1, 0.15) is 0 Å². The van der Waals surface area contributed by atoms with Gasteiger partial charge in [0.25, 0.3) is 0 Å². The molecule has 0 bridgehead atoms. The largest absolute Gasteiger partial charge is 0.494 e. The maximum absolute atomic E-state index is 10.4. The van der Waals surface area contributed by atoms with Crippen LogP contribution in [0.4, 0.5) is 0 Å². The first-order valence-electron chi connectivity index (χ1n) is 5.20. The highest BCUT2D eigenvalue weighted by Crippen LogP contribution is 2.36. The van der Waals surface area contributed by atoms with E-state index >= 15 is 0 Å². The molecule has 1 aromatic rings. The van der Waals surface area contributed by atoms with Gasteiger partial charge in [0, 0.05) is 6.42 Å². The van der Waals surface area contributed by atoms with Crippen LogP contribution < -0.4 is 4.74 Å². The molecule has 0 radical (unpaired) electrons. The SMILES string of the molecule is COc1c(Cl)cc(CCCC(=O)O)cc1SC. The first kappa shape index (κ1) is 14.2. The normalized spacial score (nSPS) is 10.3. The molecule has 0 aliphatic heterocycles. The number of benzene rings is 1. The van der Waals surface area contributed by atoms with Gasteiger partial charge in [-0.05, 0) is 36.8 Å². The Bertz CT molecular complexity index is 407. The summed E-state index contributed by atoms with van der Waals surface area (Å²) in [4.78, 5) is 11.4.